The first-order valence-corrected chi connectivity index (χ1v) is 5.69. The van der Waals surface area contributed by atoms with Crippen molar-refractivity contribution in [3.63, 3.8) is 0 Å². The number of amides is 2. The molecule has 0 aromatic heterocycles. The molecule has 0 radical (unpaired) electrons. The van der Waals surface area contributed by atoms with E-state index in [-0.39, 0.29) is 30.5 Å². The zero-order valence-corrected chi connectivity index (χ0v) is 10.4. The van der Waals surface area contributed by atoms with Gasteiger partial charge in [-0.15, -0.1) is 0 Å². The number of carbonyl (C=O) groups excluding carboxylic acids is 2. The summed E-state index contributed by atoms with van der Waals surface area (Å²) >= 11 is 0. The fraction of sp³-hybridized carbons (Fsp3) is 0.385. The number of nitrogen functional groups attached to an aromatic ring is 1. The van der Waals surface area contributed by atoms with Crippen LogP contribution in [-0.2, 0) is 16.1 Å². The van der Waals surface area contributed by atoms with E-state index < -0.39 is 11.2 Å². The molecule has 2 rings (SSSR count). The highest BCUT2D eigenvalue weighted by molar-refractivity contribution is 6.05. The summed E-state index contributed by atoms with van der Waals surface area (Å²) in [4.78, 5) is 24.9. The molecule has 2 N–H and O–H groups in total. The van der Waals surface area contributed by atoms with E-state index in [4.69, 9.17) is 5.73 Å². The van der Waals surface area contributed by atoms with Gasteiger partial charge in [-0.2, -0.15) is 0 Å². The summed E-state index contributed by atoms with van der Waals surface area (Å²) in [5, 5.41) is 0. The smallest absolute Gasteiger partial charge is 0.235 e. The molecule has 1 fully saturated rings. The van der Waals surface area contributed by atoms with Crippen molar-refractivity contribution < 1.29 is 14.0 Å². The van der Waals surface area contributed by atoms with Gasteiger partial charge in [0.25, 0.3) is 0 Å². The molecule has 0 aliphatic carbocycles. The monoisotopic (exact) mass is 250 g/mol. The van der Waals surface area contributed by atoms with Crippen LogP contribution in [0, 0.1) is 11.2 Å². The number of rotatable bonds is 2. The van der Waals surface area contributed by atoms with Crippen LogP contribution in [0.4, 0.5) is 10.1 Å². The Morgan fingerprint density at radius 2 is 2.00 bits per heavy atom. The Morgan fingerprint density at radius 1 is 1.33 bits per heavy atom. The van der Waals surface area contributed by atoms with Crippen LogP contribution in [0.3, 0.4) is 0 Å². The first-order chi connectivity index (χ1) is 8.29. The molecular weight excluding hydrogens is 235 g/mol. The molecule has 0 saturated carbocycles. The zero-order chi connectivity index (χ0) is 13.5. The predicted octanol–water partition coefficient (Wildman–Crippen LogP) is 1.69. The fourth-order valence-corrected chi connectivity index (χ4v) is 2.14. The Labute approximate surface area is 105 Å². The molecule has 96 valence electrons. The SMILES string of the molecule is CC1(C)CC(=O)N(Cc2cc(N)cc(F)c2)C1=O. The van der Waals surface area contributed by atoms with E-state index in [1.54, 1.807) is 19.9 Å². The Bertz CT molecular complexity index is 505. The maximum absolute atomic E-state index is 13.2. The molecule has 18 heavy (non-hydrogen) atoms. The first-order valence-electron chi connectivity index (χ1n) is 5.69. The van der Waals surface area contributed by atoms with Crippen LogP contribution in [-0.4, -0.2) is 16.7 Å². The Balaban J connectivity index is 2.24. The molecule has 0 spiro atoms. The van der Waals surface area contributed by atoms with E-state index in [1.807, 2.05) is 0 Å². The van der Waals surface area contributed by atoms with Crippen LogP contribution in [0.1, 0.15) is 25.8 Å². The lowest BCUT2D eigenvalue weighted by Gasteiger charge is -2.18. The molecule has 4 nitrogen and oxygen atoms in total. The molecule has 1 aromatic rings. The van der Waals surface area contributed by atoms with E-state index in [9.17, 15) is 14.0 Å². The summed E-state index contributed by atoms with van der Waals surface area (Å²) in [5.74, 6) is -0.925. The molecule has 0 unspecified atom stereocenters. The van der Waals surface area contributed by atoms with Crippen molar-refractivity contribution in [3.05, 3.63) is 29.6 Å². The highest BCUT2D eigenvalue weighted by atomic mass is 19.1. The number of anilines is 1. The molecule has 0 atom stereocenters. The number of hydrogen-bond acceptors (Lipinski definition) is 3. The maximum Gasteiger partial charge on any atom is 0.235 e. The van der Waals surface area contributed by atoms with Crippen molar-refractivity contribution in [1.29, 1.82) is 0 Å². The summed E-state index contributed by atoms with van der Waals surface area (Å²) in [6.07, 6.45) is 0.191. The van der Waals surface area contributed by atoms with Gasteiger partial charge >= 0.3 is 0 Å². The van der Waals surface area contributed by atoms with Crippen molar-refractivity contribution in [3.8, 4) is 0 Å². The number of halogens is 1. The van der Waals surface area contributed by atoms with Gasteiger partial charge < -0.3 is 5.73 Å². The zero-order valence-electron chi connectivity index (χ0n) is 10.4. The number of nitrogens with two attached hydrogens (primary N) is 1. The lowest BCUT2D eigenvalue weighted by molar-refractivity contribution is -0.141. The second kappa shape index (κ2) is 4.08. The van der Waals surface area contributed by atoms with Gasteiger partial charge in [-0.25, -0.2) is 4.39 Å². The number of likely N-dealkylation sites (tertiary alicyclic amines) is 1. The van der Waals surface area contributed by atoms with Crippen LogP contribution in [0.25, 0.3) is 0 Å². The van der Waals surface area contributed by atoms with Gasteiger partial charge in [0.1, 0.15) is 5.82 Å². The topological polar surface area (TPSA) is 63.4 Å². The molecule has 1 aliphatic rings. The van der Waals surface area contributed by atoms with Crippen LogP contribution < -0.4 is 5.73 Å². The molecule has 1 saturated heterocycles. The van der Waals surface area contributed by atoms with Gasteiger partial charge in [-0.05, 0) is 23.8 Å². The molecule has 1 aliphatic heterocycles. The van der Waals surface area contributed by atoms with Crippen LogP contribution >= 0.6 is 0 Å². The van der Waals surface area contributed by atoms with E-state index in [0.29, 0.717) is 5.56 Å². The van der Waals surface area contributed by atoms with Crippen LogP contribution in [0.5, 0.6) is 0 Å². The standard InChI is InChI=1S/C13H15FN2O2/c1-13(2)6-11(17)16(12(13)18)7-8-3-9(14)5-10(15)4-8/h3-5H,6-7,15H2,1-2H3. The van der Waals surface area contributed by atoms with Crippen molar-refractivity contribution in [2.45, 2.75) is 26.8 Å². The van der Waals surface area contributed by atoms with Gasteiger partial charge in [-0.1, -0.05) is 13.8 Å². The largest absolute Gasteiger partial charge is 0.399 e. The van der Waals surface area contributed by atoms with Crippen LogP contribution in [0.2, 0.25) is 0 Å². The first kappa shape index (κ1) is 12.5. The number of imide groups is 1. The third-order valence-electron chi connectivity index (χ3n) is 3.04. The highest BCUT2D eigenvalue weighted by Crippen LogP contribution is 2.32. The Morgan fingerprint density at radius 3 is 2.50 bits per heavy atom. The molecule has 0 bridgehead atoms. The highest BCUT2D eigenvalue weighted by Gasteiger charge is 2.44. The minimum Gasteiger partial charge on any atom is -0.399 e. The summed E-state index contributed by atoms with van der Waals surface area (Å²) in [5.41, 5.74) is 5.66. The molecule has 5 heteroatoms. The van der Waals surface area contributed by atoms with E-state index in [0.717, 1.165) is 4.90 Å². The molecule has 1 aromatic carbocycles. The number of benzene rings is 1. The normalized spacial score (nSPS) is 18.5. The van der Waals surface area contributed by atoms with Crippen LogP contribution in [0.15, 0.2) is 18.2 Å². The third-order valence-corrected chi connectivity index (χ3v) is 3.04. The van der Waals surface area contributed by atoms with Crippen molar-refractivity contribution >= 4 is 17.5 Å². The lowest BCUT2D eigenvalue weighted by Crippen LogP contribution is -2.32. The van der Waals surface area contributed by atoms with Crippen molar-refractivity contribution in [2.75, 3.05) is 5.73 Å². The predicted molar refractivity (Wildman–Crippen MR) is 64.8 cm³/mol. The van der Waals surface area contributed by atoms with Crippen molar-refractivity contribution in [2.24, 2.45) is 5.41 Å². The molecule has 2 amide bonds. The minimum absolute atomic E-state index is 0.0725. The minimum atomic E-state index is -0.671. The van der Waals surface area contributed by atoms with E-state index in [1.165, 1.54) is 12.1 Å². The summed E-state index contributed by atoms with van der Waals surface area (Å²) in [6, 6.07) is 4.04. The lowest BCUT2D eigenvalue weighted by atomic mass is 9.92. The molecular formula is C13H15FN2O2. The maximum atomic E-state index is 13.2. The number of carbonyl (C=O) groups is 2. The second-order valence-corrected chi connectivity index (χ2v) is 5.24. The van der Waals surface area contributed by atoms with Crippen molar-refractivity contribution in [1.82, 2.24) is 4.90 Å². The summed E-state index contributed by atoms with van der Waals surface area (Å²) in [7, 11) is 0. The number of hydrogen-bond donors (Lipinski definition) is 1. The van der Waals surface area contributed by atoms with Gasteiger partial charge in [0, 0.05) is 12.1 Å². The molecule has 1 heterocycles. The third kappa shape index (κ3) is 2.20. The van der Waals surface area contributed by atoms with E-state index >= 15 is 0 Å². The van der Waals surface area contributed by atoms with Gasteiger partial charge in [-0.3, -0.25) is 14.5 Å². The average Bonchev–Trinajstić information content (AvgIpc) is 2.39. The van der Waals surface area contributed by atoms with Gasteiger partial charge in [0.2, 0.25) is 11.8 Å². The second-order valence-electron chi connectivity index (χ2n) is 5.24. The average molecular weight is 250 g/mol. The fourth-order valence-electron chi connectivity index (χ4n) is 2.14. The Kier molecular flexibility index (Phi) is 2.84. The Hall–Kier alpha value is -1.91. The summed E-state index contributed by atoms with van der Waals surface area (Å²) in [6.45, 7) is 3.53. The van der Waals surface area contributed by atoms with Gasteiger partial charge in [0.15, 0.2) is 0 Å². The summed E-state index contributed by atoms with van der Waals surface area (Å²) < 4.78 is 13.2. The van der Waals surface area contributed by atoms with Gasteiger partial charge in [0.05, 0.1) is 12.0 Å². The number of nitrogens with zero attached hydrogens (tertiary/aromatic N) is 1. The quantitative estimate of drug-likeness (QED) is 0.641. The van der Waals surface area contributed by atoms with E-state index in [2.05, 4.69) is 0 Å².